The first-order chi connectivity index (χ1) is 9.66. The molecule has 1 atom stereocenters. The summed E-state index contributed by atoms with van der Waals surface area (Å²) in [6.45, 7) is 1.31. The van der Waals surface area contributed by atoms with Crippen molar-refractivity contribution in [3.8, 4) is 11.5 Å². The predicted octanol–water partition coefficient (Wildman–Crippen LogP) is 5.29. The van der Waals surface area contributed by atoms with Gasteiger partial charge in [-0.25, -0.2) is 0 Å². The van der Waals surface area contributed by atoms with Gasteiger partial charge in [-0.2, -0.15) is 0 Å². The van der Waals surface area contributed by atoms with E-state index in [0.29, 0.717) is 17.9 Å². The zero-order valence-electron chi connectivity index (χ0n) is 10.4. The third kappa shape index (κ3) is 2.71. The first-order valence-corrected chi connectivity index (χ1v) is 8.15. The molecule has 1 aromatic heterocycles. The number of hydrogen-bond donors (Lipinski definition) is 0. The molecule has 1 aliphatic heterocycles. The second-order valence-electron chi connectivity index (χ2n) is 4.38. The molecule has 0 bridgehead atoms. The fourth-order valence-electron chi connectivity index (χ4n) is 2.05. The molecular formula is C14H11Br2ClO3. The standard InChI is InChI=1S/C14H11Br2ClO3/c15-10-7-12-11(18-3-1-4-19-12)6-9(10)13(17)8-2-5-20-14(8)16/h2,5-7,13H,1,3-4H2. The Morgan fingerprint density at radius 3 is 2.40 bits per heavy atom. The van der Waals surface area contributed by atoms with E-state index in [2.05, 4.69) is 31.9 Å². The van der Waals surface area contributed by atoms with Crippen LogP contribution in [0.4, 0.5) is 0 Å². The van der Waals surface area contributed by atoms with E-state index in [1.54, 1.807) is 6.26 Å². The van der Waals surface area contributed by atoms with Crippen LogP contribution in [0, 0.1) is 0 Å². The number of fused-ring (bicyclic) bond motifs is 1. The number of hydrogen-bond acceptors (Lipinski definition) is 3. The Balaban J connectivity index is 2.01. The molecule has 0 amide bonds. The largest absolute Gasteiger partial charge is 0.490 e. The highest BCUT2D eigenvalue weighted by Crippen LogP contribution is 2.43. The fraction of sp³-hybridized carbons (Fsp3) is 0.286. The molecule has 0 radical (unpaired) electrons. The van der Waals surface area contributed by atoms with Crippen molar-refractivity contribution in [3.63, 3.8) is 0 Å². The molecule has 0 aliphatic carbocycles. The molecule has 3 rings (SSSR count). The summed E-state index contributed by atoms with van der Waals surface area (Å²) in [6, 6.07) is 5.67. The van der Waals surface area contributed by atoms with E-state index < -0.39 is 0 Å². The van der Waals surface area contributed by atoms with Crippen LogP contribution in [0.3, 0.4) is 0 Å². The molecule has 2 heterocycles. The van der Waals surface area contributed by atoms with Gasteiger partial charge in [0.05, 0.1) is 24.9 Å². The highest BCUT2D eigenvalue weighted by Gasteiger charge is 2.22. The lowest BCUT2D eigenvalue weighted by Crippen LogP contribution is -1.98. The average molecular weight is 423 g/mol. The molecule has 2 aromatic rings. The van der Waals surface area contributed by atoms with Crippen LogP contribution in [0.1, 0.15) is 22.9 Å². The maximum atomic E-state index is 6.55. The summed E-state index contributed by atoms with van der Waals surface area (Å²) in [5, 5.41) is -0.338. The van der Waals surface area contributed by atoms with Gasteiger partial charge >= 0.3 is 0 Å². The SMILES string of the molecule is ClC(c1cc2c(cc1Br)OCCCO2)c1ccoc1Br. The Morgan fingerprint density at radius 2 is 1.75 bits per heavy atom. The van der Waals surface area contributed by atoms with E-state index in [4.69, 9.17) is 25.5 Å². The van der Waals surface area contributed by atoms with Crippen LogP contribution in [0.15, 0.2) is 38.0 Å². The van der Waals surface area contributed by atoms with Crippen LogP contribution in [0.25, 0.3) is 0 Å². The van der Waals surface area contributed by atoms with Crippen LogP contribution in [0.2, 0.25) is 0 Å². The predicted molar refractivity (Wildman–Crippen MR) is 83.9 cm³/mol. The van der Waals surface area contributed by atoms with Crippen molar-refractivity contribution in [2.75, 3.05) is 13.2 Å². The van der Waals surface area contributed by atoms with Gasteiger partial charge in [-0.3, -0.25) is 0 Å². The van der Waals surface area contributed by atoms with Crippen molar-refractivity contribution in [1.29, 1.82) is 0 Å². The normalized spacial score (nSPS) is 15.8. The van der Waals surface area contributed by atoms with E-state index in [0.717, 1.165) is 33.5 Å². The molecule has 1 aliphatic rings. The summed E-state index contributed by atoms with van der Waals surface area (Å²) in [7, 11) is 0. The topological polar surface area (TPSA) is 31.6 Å². The minimum Gasteiger partial charge on any atom is -0.490 e. The van der Waals surface area contributed by atoms with E-state index in [1.165, 1.54) is 0 Å². The number of benzene rings is 1. The summed E-state index contributed by atoms with van der Waals surface area (Å²) in [4.78, 5) is 0. The molecule has 0 saturated heterocycles. The van der Waals surface area contributed by atoms with Gasteiger partial charge < -0.3 is 13.9 Å². The Labute approximate surface area is 138 Å². The molecular weight excluding hydrogens is 411 g/mol. The van der Waals surface area contributed by atoms with Gasteiger partial charge in [0.1, 0.15) is 0 Å². The van der Waals surface area contributed by atoms with Crippen LogP contribution >= 0.6 is 43.5 Å². The Hall–Kier alpha value is -0.650. The lowest BCUT2D eigenvalue weighted by Gasteiger charge is -2.15. The maximum absolute atomic E-state index is 6.55. The monoisotopic (exact) mass is 420 g/mol. The maximum Gasteiger partial charge on any atom is 0.173 e. The van der Waals surface area contributed by atoms with Crippen LogP contribution < -0.4 is 9.47 Å². The van der Waals surface area contributed by atoms with Gasteiger partial charge in [0.15, 0.2) is 16.2 Å². The molecule has 0 fully saturated rings. The fourth-order valence-corrected chi connectivity index (χ4v) is 3.68. The molecule has 1 unspecified atom stereocenters. The van der Waals surface area contributed by atoms with Crippen LogP contribution in [0.5, 0.6) is 11.5 Å². The van der Waals surface area contributed by atoms with Gasteiger partial charge in [-0.05, 0) is 39.7 Å². The second kappa shape index (κ2) is 6.00. The lowest BCUT2D eigenvalue weighted by molar-refractivity contribution is 0.297. The Kier molecular flexibility index (Phi) is 4.29. The van der Waals surface area contributed by atoms with E-state index >= 15 is 0 Å². The first-order valence-electron chi connectivity index (χ1n) is 6.13. The number of alkyl halides is 1. The summed E-state index contributed by atoms with van der Waals surface area (Å²) in [6.07, 6.45) is 2.48. The minimum atomic E-state index is -0.338. The summed E-state index contributed by atoms with van der Waals surface area (Å²) >= 11 is 13.4. The zero-order chi connectivity index (χ0) is 14.1. The van der Waals surface area contributed by atoms with Crippen molar-refractivity contribution in [3.05, 3.63) is 44.7 Å². The molecule has 1 aromatic carbocycles. The van der Waals surface area contributed by atoms with E-state index in [1.807, 2.05) is 18.2 Å². The van der Waals surface area contributed by atoms with E-state index in [9.17, 15) is 0 Å². The molecule has 106 valence electrons. The third-order valence-corrected chi connectivity index (χ3v) is 4.86. The number of furan rings is 1. The van der Waals surface area contributed by atoms with E-state index in [-0.39, 0.29) is 5.38 Å². The minimum absolute atomic E-state index is 0.338. The molecule has 3 nitrogen and oxygen atoms in total. The molecule has 0 N–H and O–H groups in total. The lowest BCUT2D eigenvalue weighted by atomic mass is 10.1. The van der Waals surface area contributed by atoms with Crippen molar-refractivity contribution >= 4 is 43.5 Å². The number of halogens is 3. The van der Waals surface area contributed by atoms with Crippen LogP contribution in [-0.2, 0) is 0 Å². The molecule has 6 heteroatoms. The van der Waals surface area contributed by atoms with Gasteiger partial charge in [0.2, 0.25) is 0 Å². The smallest absolute Gasteiger partial charge is 0.173 e. The second-order valence-corrected chi connectivity index (χ2v) is 6.39. The van der Waals surface area contributed by atoms with Crippen molar-refractivity contribution in [1.82, 2.24) is 0 Å². The summed E-state index contributed by atoms with van der Waals surface area (Å²) < 4.78 is 18.1. The van der Waals surface area contributed by atoms with Gasteiger partial charge in [-0.1, -0.05) is 15.9 Å². The highest BCUT2D eigenvalue weighted by atomic mass is 79.9. The Morgan fingerprint density at radius 1 is 1.05 bits per heavy atom. The molecule has 0 spiro atoms. The zero-order valence-corrected chi connectivity index (χ0v) is 14.3. The third-order valence-electron chi connectivity index (χ3n) is 3.06. The average Bonchev–Trinajstić information content (AvgIpc) is 2.72. The molecule has 0 saturated carbocycles. The van der Waals surface area contributed by atoms with Crippen molar-refractivity contribution in [2.45, 2.75) is 11.8 Å². The van der Waals surface area contributed by atoms with Gasteiger partial charge in [0.25, 0.3) is 0 Å². The Bertz CT molecular complexity index is 627. The summed E-state index contributed by atoms with van der Waals surface area (Å²) in [5.41, 5.74) is 1.79. The van der Waals surface area contributed by atoms with Gasteiger partial charge in [0, 0.05) is 16.5 Å². The van der Waals surface area contributed by atoms with Crippen molar-refractivity contribution < 1.29 is 13.9 Å². The van der Waals surface area contributed by atoms with Gasteiger partial charge in [-0.15, -0.1) is 11.6 Å². The molecule has 20 heavy (non-hydrogen) atoms. The van der Waals surface area contributed by atoms with Crippen molar-refractivity contribution in [2.24, 2.45) is 0 Å². The highest BCUT2D eigenvalue weighted by molar-refractivity contribution is 9.10. The van der Waals surface area contributed by atoms with Crippen LogP contribution in [-0.4, -0.2) is 13.2 Å². The summed E-state index contributed by atoms with van der Waals surface area (Å²) in [5.74, 6) is 1.47. The number of rotatable bonds is 2. The first kappa shape index (κ1) is 14.3. The number of ether oxygens (including phenoxy) is 2. The quantitative estimate of drug-likeness (QED) is 0.616.